The Kier molecular flexibility index (Phi) is 5.46. The van der Waals surface area contributed by atoms with Gasteiger partial charge in [-0.05, 0) is 24.3 Å². The van der Waals surface area contributed by atoms with Crippen molar-refractivity contribution in [1.82, 2.24) is 4.98 Å². The van der Waals surface area contributed by atoms with Gasteiger partial charge in [0, 0.05) is 33.6 Å². The van der Waals surface area contributed by atoms with Gasteiger partial charge in [-0.2, -0.15) is 0 Å². The van der Waals surface area contributed by atoms with Crippen LogP contribution in [0, 0.1) is 10.1 Å². The first kappa shape index (κ1) is 20.6. The molecule has 1 heterocycles. The fourth-order valence-electron chi connectivity index (χ4n) is 3.19. The quantitative estimate of drug-likeness (QED) is 0.224. The Bertz CT molecular complexity index is 1350. The highest BCUT2D eigenvalue weighted by Gasteiger charge is 2.23. The molecule has 0 spiro atoms. The average molecular weight is 454 g/mol. The minimum Gasteiger partial charge on any atom is -0.350 e. The molecule has 2 N–H and O–H groups in total. The molecule has 31 heavy (non-hydrogen) atoms. The molecule has 0 saturated heterocycles. The van der Waals surface area contributed by atoms with Crippen molar-refractivity contribution in [2.24, 2.45) is 0 Å². The number of non-ortho nitro benzene ring substituents is 1. The van der Waals surface area contributed by atoms with E-state index in [-0.39, 0.29) is 33.4 Å². The van der Waals surface area contributed by atoms with Crippen LogP contribution < -0.4 is 5.32 Å². The van der Waals surface area contributed by atoms with E-state index in [4.69, 9.17) is 23.2 Å². The van der Waals surface area contributed by atoms with Crippen molar-refractivity contribution in [1.29, 1.82) is 0 Å². The maximum atomic E-state index is 13.1. The number of carbonyl (C=O) groups excluding carboxylic acids is 2. The molecule has 0 aliphatic heterocycles. The molecular formula is C22H13Cl2N3O4. The summed E-state index contributed by atoms with van der Waals surface area (Å²) in [4.78, 5) is 39.4. The minimum atomic E-state index is -0.613. The number of hydrogen-bond donors (Lipinski definition) is 2. The highest BCUT2D eigenvalue weighted by atomic mass is 35.5. The lowest BCUT2D eigenvalue weighted by Gasteiger charge is -2.09. The number of amides is 1. The lowest BCUT2D eigenvalue weighted by atomic mass is 10.1. The summed E-state index contributed by atoms with van der Waals surface area (Å²) in [6.07, 6.45) is 0. The summed E-state index contributed by atoms with van der Waals surface area (Å²) in [5.41, 5.74) is 1.24. The van der Waals surface area contributed by atoms with Crippen molar-refractivity contribution in [3.63, 3.8) is 0 Å². The van der Waals surface area contributed by atoms with Gasteiger partial charge in [0.15, 0.2) is 0 Å². The van der Waals surface area contributed by atoms with Crippen molar-refractivity contribution in [2.45, 2.75) is 0 Å². The van der Waals surface area contributed by atoms with Gasteiger partial charge < -0.3 is 10.3 Å². The van der Waals surface area contributed by atoms with Gasteiger partial charge in [-0.25, -0.2) is 0 Å². The number of rotatable bonds is 5. The number of H-pyrrole nitrogens is 1. The van der Waals surface area contributed by atoms with Crippen LogP contribution in [-0.4, -0.2) is 21.6 Å². The molecule has 1 aromatic heterocycles. The molecule has 4 rings (SSSR count). The second-order valence-corrected chi connectivity index (χ2v) is 7.48. The maximum absolute atomic E-state index is 13.1. The lowest BCUT2D eigenvalue weighted by Crippen LogP contribution is -2.15. The van der Waals surface area contributed by atoms with E-state index < -0.39 is 10.8 Å². The number of fused-ring (bicyclic) bond motifs is 1. The highest BCUT2D eigenvalue weighted by Crippen LogP contribution is 2.32. The fourth-order valence-corrected chi connectivity index (χ4v) is 3.62. The van der Waals surface area contributed by atoms with Gasteiger partial charge in [0.2, 0.25) is 5.78 Å². The Balaban J connectivity index is 1.78. The van der Waals surface area contributed by atoms with E-state index in [9.17, 15) is 19.7 Å². The Labute approximate surface area is 185 Å². The number of aromatic amines is 1. The van der Waals surface area contributed by atoms with E-state index in [0.29, 0.717) is 21.5 Å². The van der Waals surface area contributed by atoms with Crippen LogP contribution in [0.2, 0.25) is 10.0 Å². The van der Waals surface area contributed by atoms with E-state index in [2.05, 4.69) is 10.3 Å². The monoisotopic (exact) mass is 453 g/mol. The van der Waals surface area contributed by atoms with Crippen LogP contribution in [0.5, 0.6) is 0 Å². The summed E-state index contributed by atoms with van der Waals surface area (Å²) < 4.78 is 0. The molecule has 0 atom stereocenters. The molecule has 9 heteroatoms. The third-order valence-corrected chi connectivity index (χ3v) is 5.22. The summed E-state index contributed by atoms with van der Waals surface area (Å²) >= 11 is 12.2. The first-order valence-electron chi connectivity index (χ1n) is 9.01. The van der Waals surface area contributed by atoms with Gasteiger partial charge in [-0.15, -0.1) is 0 Å². The third-order valence-electron chi connectivity index (χ3n) is 4.67. The molecule has 0 radical (unpaired) electrons. The van der Waals surface area contributed by atoms with Gasteiger partial charge in [0.1, 0.15) is 5.69 Å². The van der Waals surface area contributed by atoms with Crippen molar-refractivity contribution in [2.75, 3.05) is 5.32 Å². The second-order valence-electron chi connectivity index (χ2n) is 6.64. The number of carbonyl (C=O) groups is 2. The molecule has 3 aromatic carbocycles. The summed E-state index contributed by atoms with van der Waals surface area (Å²) in [5.74, 6) is -0.934. The van der Waals surface area contributed by atoms with E-state index in [1.165, 1.54) is 12.1 Å². The standard InChI is InChI=1S/C22H13Cl2N3O4/c23-13-6-8-16-18(10-13)25-20(21(28)12-4-2-1-3-5-12)19(16)26-22(29)15-9-7-14(27(30)31)11-17(15)24/h1-11,25H,(H,26,29). The maximum Gasteiger partial charge on any atom is 0.270 e. The Morgan fingerprint density at radius 1 is 0.968 bits per heavy atom. The smallest absolute Gasteiger partial charge is 0.270 e. The molecule has 0 unspecified atom stereocenters. The topological polar surface area (TPSA) is 105 Å². The number of nitrogens with one attached hydrogen (secondary N) is 2. The van der Waals surface area contributed by atoms with Crippen LogP contribution in [0.1, 0.15) is 26.4 Å². The Morgan fingerprint density at radius 3 is 2.39 bits per heavy atom. The lowest BCUT2D eigenvalue weighted by molar-refractivity contribution is -0.384. The SMILES string of the molecule is O=C(Nc1c(C(=O)c2ccccc2)[nH]c2cc(Cl)ccc12)c1ccc([N+](=O)[O-])cc1Cl. The number of anilines is 1. The predicted octanol–water partition coefficient (Wildman–Crippen LogP) is 5.87. The number of ketones is 1. The van der Waals surface area contributed by atoms with Crippen LogP contribution >= 0.6 is 23.2 Å². The molecule has 0 saturated carbocycles. The molecule has 0 fully saturated rings. The highest BCUT2D eigenvalue weighted by molar-refractivity contribution is 6.35. The third kappa shape index (κ3) is 4.01. The van der Waals surface area contributed by atoms with Crippen LogP contribution in [0.3, 0.4) is 0 Å². The molecule has 1 amide bonds. The summed E-state index contributed by atoms with van der Waals surface area (Å²) in [5, 5.41) is 14.6. The van der Waals surface area contributed by atoms with E-state index in [0.717, 1.165) is 6.07 Å². The minimum absolute atomic E-state index is 0.0358. The zero-order chi connectivity index (χ0) is 22.1. The molecule has 154 valence electrons. The van der Waals surface area contributed by atoms with E-state index in [1.807, 2.05) is 0 Å². The van der Waals surface area contributed by atoms with Gasteiger partial charge in [0.25, 0.3) is 11.6 Å². The first-order chi connectivity index (χ1) is 14.8. The van der Waals surface area contributed by atoms with Crippen molar-refractivity contribution in [3.05, 3.63) is 104 Å². The van der Waals surface area contributed by atoms with E-state index >= 15 is 0 Å². The molecule has 4 aromatic rings. The zero-order valence-corrected chi connectivity index (χ0v) is 17.2. The number of nitrogens with zero attached hydrogens (tertiary/aromatic N) is 1. The number of benzene rings is 3. The van der Waals surface area contributed by atoms with Crippen LogP contribution in [0.15, 0.2) is 66.7 Å². The van der Waals surface area contributed by atoms with Crippen molar-refractivity contribution < 1.29 is 14.5 Å². The Morgan fingerprint density at radius 2 is 1.71 bits per heavy atom. The number of aromatic nitrogens is 1. The number of halogens is 2. The molecule has 0 aliphatic carbocycles. The number of nitro benzene ring substituents is 1. The first-order valence-corrected chi connectivity index (χ1v) is 9.77. The predicted molar refractivity (Wildman–Crippen MR) is 119 cm³/mol. The summed E-state index contributed by atoms with van der Waals surface area (Å²) in [7, 11) is 0. The molecule has 0 aliphatic rings. The van der Waals surface area contributed by atoms with Gasteiger partial charge in [-0.1, -0.05) is 53.5 Å². The van der Waals surface area contributed by atoms with Crippen molar-refractivity contribution >= 4 is 57.2 Å². The normalized spacial score (nSPS) is 10.8. The van der Waals surface area contributed by atoms with Crippen LogP contribution in [0.4, 0.5) is 11.4 Å². The van der Waals surface area contributed by atoms with Gasteiger partial charge in [0.05, 0.1) is 21.2 Å². The summed E-state index contributed by atoms with van der Waals surface area (Å²) in [6, 6.07) is 17.1. The van der Waals surface area contributed by atoms with E-state index in [1.54, 1.807) is 48.5 Å². The molecule has 7 nitrogen and oxygen atoms in total. The average Bonchev–Trinajstić information content (AvgIpc) is 3.10. The Hall–Kier alpha value is -3.68. The number of nitro groups is 1. The zero-order valence-electron chi connectivity index (χ0n) is 15.7. The molecular weight excluding hydrogens is 441 g/mol. The fraction of sp³-hybridized carbons (Fsp3) is 0. The van der Waals surface area contributed by atoms with Gasteiger partial charge >= 0.3 is 0 Å². The molecule has 0 bridgehead atoms. The largest absolute Gasteiger partial charge is 0.350 e. The second kappa shape index (κ2) is 8.22. The van der Waals surface area contributed by atoms with Crippen molar-refractivity contribution in [3.8, 4) is 0 Å². The van der Waals surface area contributed by atoms with Crippen LogP contribution in [0.25, 0.3) is 10.9 Å². The summed E-state index contributed by atoms with van der Waals surface area (Å²) in [6.45, 7) is 0. The number of hydrogen-bond acceptors (Lipinski definition) is 4. The van der Waals surface area contributed by atoms with Gasteiger partial charge in [-0.3, -0.25) is 19.7 Å². The van der Waals surface area contributed by atoms with Crippen LogP contribution in [-0.2, 0) is 0 Å².